The number of nitrogens with one attached hydrogen (secondary N) is 1. The Hall–Kier alpha value is -0.120. The summed E-state index contributed by atoms with van der Waals surface area (Å²) in [4.78, 5) is 5.13. The first-order valence-corrected chi connectivity index (χ1v) is 8.22. The van der Waals surface area contributed by atoms with E-state index in [4.69, 9.17) is 0 Å². The van der Waals surface area contributed by atoms with E-state index in [9.17, 15) is 0 Å². The van der Waals surface area contributed by atoms with E-state index >= 15 is 0 Å². The molecule has 0 aliphatic carbocycles. The first kappa shape index (κ1) is 16.9. The number of hydrogen-bond acceptors (Lipinski definition) is 3. The fourth-order valence-corrected chi connectivity index (χ4v) is 2.96. The van der Waals surface area contributed by atoms with E-state index in [1.807, 2.05) is 0 Å². The topological polar surface area (TPSA) is 18.5 Å². The van der Waals surface area contributed by atoms with Crippen LogP contribution >= 0.6 is 0 Å². The highest BCUT2D eigenvalue weighted by Crippen LogP contribution is 2.17. The summed E-state index contributed by atoms with van der Waals surface area (Å²) in [7, 11) is 2.23. The number of hydrogen-bond donors (Lipinski definition) is 1. The van der Waals surface area contributed by atoms with Crippen molar-refractivity contribution in [1.29, 1.82) is 0 Å². The largest absolute Gasteiger partial charge is 0.314 e. The van der Waals surface area contributed by atoms with Gasteiger partial charge >= 0.3 is 0 Å². The van der Waals surface area contributed by atoms with Crippen molar-refractivity contribution in [3.05, 3.63) is 0 Å². The fraction of sp³-hybridized carbons (Fsp3) is 1.00. The lowest BCUT2D eigenvalue weighted by molar-refractivity contribution is 0.132. The van der Waals surface area contributed by atoms with Gasteiger partial charge in [0.2, 0.25) is 0 Å². The van der Waals surface area contributed by atoms with Gasteiger partial charge in [-0.05, 0) is 79.7 Å². The summed E-state index contributed by atoms with van der Waals surface area (Å²) in [5.74, 6) is 0. The summed E-state index contributed by atoms with van der Waals surface area (Å²) < 4.78 is 0. The van der Waals surface area contributed by atoms with Gasteiger partial charge in [-0.25, -0.2) is 0 Å². The Morgan fingerprint density at radius 3 is 2.63 bits per heavy atom. The third-order valence-electron chi connectivity index (χ3n) is 4.59. The van der Waals surface area contributed by atoms with Gasteiger partial charge in [0.05, 0.1) is 0 Å². The highest BCUT2D eigenvalue weighted by atomic mass is 15.2. The van der Waals surface area contributed by atoms with E-state index in [1.54, 1.807) is 0 Å². The summed E-state index contributed by atoms with van der Waals surface area (Å²) in [5, 5.41) is 3.60. The van der Waals surface area contributed by atoms with E-state index < -0.39 is 0 Å². The summed E-state index contributed by atoms with van der Waals surface area (Å²) in [6.07, 6.45) is 5.31. The maximum atomic E-state index is 3.60. The Kier molecular flexibility index (Phi) is 7.96. The minimum atomic E-state index is 0.676. The molecule has 1 aliphatic heterocycles. The molecule has 0 spiro atoms. The van der Waals surface area contributed by atoms with Crippen molar-refractivity contribution in [2.24, 2.45) is 0 Å². The third-order valence-corrected chi connectivity index (χ3v) is 4.59. The number of likely N-dealkylation sites (tertiary alicyclic amines) is 1. The van der Waals surface area contributed by atoms with Gasteiger partial charge in [-0.3, -0.25) is 0 Å². The average Bonchev–Trinajstić information content (AvgIpc) is 2.36. The Labute approximate surface area is 120 Å². The molecule has 1 saturated heterocycles. The molecule has 3 heteroatoms. The molecule has 0 amide bonds. The molecular weight excluding hydrogens is 234 g/mol. The van der Waals surface area contributed by atoms with Gasteiger partial charge in [-0.1, -0.05) is 6.92 Å². The number of unbranched alkanes of at least 4 members (excludes halogenated alkanes) is 1. The van der Waals surface area contributed by atoms with Crippen molar-refractivity contribution in [3.8, 4) is 0 Å². The lowest BCUT2D eigenvalue weighted by Crippen LogP contribution is -2.47. The highest BCUT2D eigenvalue weighted by molar-refractivity contribution is 4.82. The normalized spacial score (nSPS) is 25.4. The molecule has 1 fully saturated rings. The van der Waals surface area contributed by atoms with Crippen molar-refractivity contribution in [1.82, 2.24) is 15.1 Å². The van der Waals surface area contributed by atoms with Gasteiger partial charge in [0.1, 0.15) is 0 Å². The molecule has 114 valence electrons. The number of nitrogens with zero attached hydrogens (tertiary/aromatic N) is 2. The summed E-state index contributed by atoms with van der Waals surface area (Å²) in [6.45, 7) is 14.1. The smallest absolute Gasteiger partial charge is 0.00939 e. The molecule has 3 nitrogen and oxygen atoms in total. The molecular formula is C16H35N3. The summed E-state index contributed by atoms with van der Waals surface area (Å²) in [5.41, 5.74) is 0. The summed E-state index contributed by atoms with van der Waals surface area (Å²) >= 11 is 0. The van der Waals surface area contributed by atoms with Crippen LogP contribution in [0.15, 0.2) is 0 Å². The molecule has 1 rings (SSSR count). The molecule has 0 saturated carbocycles. The number of rotatable bonds is 8. The SMILES string of the molecule is CCNC1CCN(CCCCN(C)C(C)C)C(C)C1. The third kappa shape index (κ3) is 6.24. The van der Waals surface area contributed by atoms with Crippen molar-refractivity contribution in [3.63, 3.8) is 0 Å². The zero-order chi connectivity index (χ0) is 14.3. The van der Waals surface area contributed by atoms with Crippen LogP contribution in [0.1, 0.15) is 53.4 Å². The second-order valence-electron chi connectivity index (χ2n) is 6.45. The minimum Gasteiger partial charge on any atom is -0.314 e. The van der Waals surface area contributed by atoms with E-state index in [-0.39, 0.29) is 0 Å². The second-order valence-corrected chi connectivity index (χ2v) is 6.45. The Bertz CT molecular complexity index is 230. The van der Waals surface area contributed by atoms with Crippen molar-refractivity contribution < 1.29 is 0 Å². The van der Waals surface area contributed by atoms with E-state index in [0.717, 1.165) is 18.6 Å². The van der Waals surface area contributed by atoms with Crippen LogP contribution in [0.2, 0.25) is 0 Å². The fourth-order valence-electron chi connectivity index (χ4n) is 2.96. The summed E-state index contributed by atoms with van der Waals surface area (Å²) in [6, 6.07) is 2.18. The first-order chi connectivity index (χ1) is 9.04. The van der Waals surface area contributed by atoms with Crippen molar-refractivity contribution in [2.75, 3.05) is 33.2 Å². The zero-order valence-corrected chi connectivity index (χ0v) is 13.8. The quantitative estimate of drug-likeness (QED) is 0.683. The molecule has 0 aromatic rings. The molecule has 2 unspecified atom stereocenters. The van der Waals surface area contributed by atoms with Gasteiger partial charge in [0.25, 0.3) is 0 Å². The molecule has 1 aliphatic rings. The molecule has 2 atom stereocenters. The highest BCUT2D eigenvalue weighted by Gasteiger charge is 2.24. The van der Waals surface area contributed by atoms with Crippen LogP contribution in [0.4, 0.5) is 0 Å². The van der Waals surface area contributed by atoms with E-state index in [2.05, 4.69) is 49.9 Å². The van der Waals surface area contributed by atoms with Gasteiger partial charge in [0.15, 0.2) is 0 Å². The average molecular weight is 269 g/mol. The van der Waals surface area contributed by atoms with Crippen LogP contribution in [0.3, 0.4) is 0 Å². The molecule has 1 heterocycles. The van der Waals surface area contributed by atoms with Crippen LogP contribution in [-0.4, -0.2) is 61.2 Å². The Balaban J connectivity index is 2.13. The molecule has 0 bridgehead atoms. The van der Waals surface area contributed by atoms with Crippen LogP contribution in [0, 0.1) is 0 Å². The van der Waals surface area contributed by atoms with E-state index in [1.165, 1.54) is 45.3 Å². The number of piperidine rings is 1. The second kappa shape index (κ2) is 8.93. The predicted molar refractivity (Wildman–Crippen MR) is 84.7 cm³/mol. The predicted octanol–water partition coefficient (Wildman–Crippen LogP) is 2.57. The molecule has 0 radical (unpaired) electrons. The molecule has 19 heavy (non-hydrogen) atoms. The molecule has 1 N–H and O–H groups in total. The van der Waals surface area contributed by atoms with E-state index in [0.29, 0.717) is 6.04 Å². The van der Waals surface area contributed by atoms with Crippen LogP contribution < -0.4 is 5.32 Å². The molecule has 0 aromatic carbocycles. The van der Waals surface area contributed by atoms with Gasteiger partial charge < -0.3 is 15.1 Å². The van der Waals surface area contributed by atoms with Gasteiger partial charge in [0, 0.05) is 18.1 Å². The first-order valence-electron chi connectivity index (χ1n) is 8.22. The van der Waals surface area contributed by atoms with Crippen molar-refractivity contribution >= 4 is 0 Å². The standard InChI is InChI=1S/C16H35N3/c1-6-17-16-9-12-19(15(4)13-16)11-8-7-10-18(5)14(2)3/h14-17H,6-13H2,1-5H3. The lowest BCUT2D eigenvalue weighted by Gasteiger charge is -2.38. The monoisotopic (exact) mass is 269 g/mol. The Morgan fingerprint density at radius 1 is 1.32 bits per heavy atom. The van der Waals surface area contributed by atoms with Gasteiger partial charge in [-0.15, -0.1) is 0 Å². The van der Waals surface area contributed by atoms with Crippen LogP contribution in [0.5, 0.6) is 0 Å². The van der Waals surface area contributed by atoms with Crippen LogP contribution in [-0.2, 0) is 0 Å². The minimum absolute atomic E-state index is 0.676. The Morgan fingerprint density at radius 2 is 2.05 bits per heavy atom. The molecule has 0 aromatic heterocycles. The van der Waals surface area contributed by atoms with Crippen molar-refractivity contribution in [2.45, 2.75) is 71.5 Å². The lowest BCUT2D eigenvalue weighted by atomic mass is 9.98. The maximum Gasteiger partial charge on any atom is 0.00939 e. The maximum absolute atomic E-state index is 3.60. The zero-order valence-electron chi connectivity index (χ0n) is 13.8. The van der Waals surface area contributed by atoms with Gasteiger partial charge in [-0.2, -0.15) is 0 Å². The van der Waals surface area contributed by atoms with Crippen LogP contribution in [0.25, 0.3) is 0 Å².